The van der Waals surface area contributed by atoms with Crippen molar-refractivity contribution in [1.29, 1.82) is 0 Å². The molecule has 0 saturated heterocycles. The molecular formula is C61H102O5. The summed E-state index contributed by atoms with van der Waals surface area (Å²) >= 11 is 0. The van der Waals surface area contributed by atoms with Crippen LogP contribution in [0.4, 0.5) is 0 Å². The lowest BCUT2D eigenvalue weighted by Gasteiger charge is -2.18. The number of hydrogen-bond donors (Lipinski definition) is 0. The number of unbranched alkanes of at least 4 members (excludes halogenated alkanes) is 20. The molecule has 0 aromatic carbocycles. The maximum Gasteiger partial charge on any atom is 0.306 e. The number of esters is 2. The Morgan fingerprint density at radius 1 is 0.348 bits per heavy atom. The van der Waals surface area contributed by atoms with Gasteiger partial charge in [-0.3, -0.25) is 9.59 Å². The van der Waals surface area contributed by atoms with Crippen molar-refractivity contribution in [1.82, 2.24) is 0 Å². The highest BCUT2D eigenvalue weighted by molar-refractivity contribution is 5.70. The van der Waals surface area contributed by atoms with E-state index in [9.17, 15) is 9.59 Å². The molecule has 1 unspecified atom stereocenters. The summed E-state index contributed by atoms with van der Waals surface area (Å²) in [4.78, 5) is 25.4. The molecule has 0 N–H and O–H groups in total. The summed E-state index contributed by atoms with van der Waals surface area (Å²) in [6.45, 7) is 7.58. The summed E-state index contributed by atoms with van der Waals surface area (Å²) in [5.74, 6) is -0.455. The fourth-order valence-electron chi connectivity index (χ4n) is 7.17. The maximum absolute atomic E-state index is 12.8. The molecule has 5 nitrogen and oxygen atoms in total. The number of hydrogen-bond acceptors (Lipinski definition) is 5. The van der Waals surface area contributed by atoms with E-state index < -0.39 is 6.10 Å². The number of carbonyl (C=O) groups excluding carboxylic acids is 2. The molecule has 0 amide bonds. The van der Waals surface area contributed by atoms with Gasteiger partial charge in [0.25, 0.3) is 0 Å². The Kier molecular flexibility index (Phi) is 53.0. The average molecular weight is 915 g/mol. The maximum atomic E-state index is 12.8. The van der Waals surface area contributed by atoms with Gasteiger partial charge in [0.1, 0.15) is 6.61 Å². The number of ether oxygens (including phenoxy) is 3. The van der Waals surface area contributed by atoms with Crippen molar-refractivity contribution in [2.24, 2.45) is 0 Å². The van der Waals surface area contributed by atoms with Gasteiger partial charge in [-0.2, -0.15) is 0 Å². The predicted molar refractivity (Wildman–Crippen MR) is 288 cm³/mol. The molecule has 0 bridgehead atoms. The Bertz CT molecular complexity index is 1310. The van der Waals surface area contributed by atoms with Gasteiger partial charge in [0.2, 0.25) is 0 Å². The van der Waals surface area contributed by atoms with Crippen LogP contribution in [0.2, 0.25) is 0 Å². The minimum absolute atomic E-state index is 0.0547. The first-order valence-corrected chi connectivity index (χ1v) is 27.4. The van der Waals surface area contributed by atoms with Gasteiger partial charge in [0.15, 0.2) is 6.10 Å². The van der Waals surface area contributed by atoms with Gasteiger partial charge in [-0.1, -0.05) is 214 Å². The minimum Gasteiger partial charge on any atom is -0.462 e. The summed E-state index contributed by atoms with van der Waals surface area (Å²) in [5, 5.41) is 0. The van der Waals surface area contributed by atoms with Gasteiger partial charge < -0.3 is 14.2 Å². The molecule has 0 aromatic heterocycles. The molecule has 0 aliphatic rings. The third-order valence-electron chi connectivity index (χ3n) is 11.3. The van der Waals surface area contributed by atoms with Crippen molar-refractivity contribution in [3.63, 3.8) is 0 Å². The average Bonchev–Trinajstić information content (AvgIpc) is 3.32. The van der Waals surface area contributed by atoms with Gasteiger partial charge in [0, 0.05) is 19.4 Å². The number of carbonyl (C=O) groups is 2. The second-order valence-electron chi connectivity index (χ2n) is 17.7. The lowest BCUT2D eigenvalue weighted by Crippen LogP contribution is -2.30. The highest BCUT2D eigenvalue weighted by Gasteiger charge is 2.17. The molecule has 0 radical (unpaired) electrons. The predicted octanol–water partition coefficient (Wildman–Crippen LogP) is 18.8. The molecule has 0 spiro atoms. The normalized spacial score (nSPS) is 13.1. The van der Waals surface area contributed by atoms with Gasteiger partial charge in [-0.25, -0.2) is 0 Å². The summed E-state index contributed by atoms with van der Waals surface area (Å²) in [6, 6.07) is 0. The first-order valence-electron chi connectivity index (χ1n) is 27.4. The molecule has 1 atom stereocenters. The number of rotatable bonds is 49. The molecule has 0 fully saturated rings. The molecule has 0 aromatic rings. The lowest BCUT2D eigenvalue weighted by atomic mass is 10.1. The Morgan fingerprint density at radius 2 is 0.697 bits per heavy atom. The lowest BCUT2D eigenvalue weighted by molar-refractivity contribution is -0.163. The standard InChI is InChI=1S/C61H102O5/c1-4-7-10-13-16-19-22-24-26-28-30-32-34-36-38-41-44-47-50-53-56-64-57-59(66-61(63)55-52-49-46-43-39-21-18-15-12-9-6-3)58-65-60(62)54-51-48-45-42-40-37-35-33-31-29-27-25-23-20-17-14-11-8-5-2/h8,11,15-20,24-27,30-33,37,40,59H,4-7,9-10,12-14,21-23,28-29,34-36,38-39,41-58H2,1-3H3/b11-8-,18-15-,19-16-,20-17-,26-24-,27-25-,32-30-,33-31-,40-37-. The zero-order valence-corrected chi connectivity index (χ0v) is 43.2. The molecule has 0 saturated carbocycles. The molecule has 0 aliphatic heterocycles. The molecule has 0 heterocycles. The smallest absolute Gasteiger partial charge is 0.306 e. The topological polar surface area (TPSA) is 61.8 Å². The van der Waals surface area contributed by atoms with Crippen LogP contribution in [0, 0.1) is 0 Å². The zero-order valence-electron chi connectivity index (χ0n) is 43.2. The van der Waals surface area contributed by atoms with Crippen molar-refractivity contribution in [2.45, 2.75) is 245 Å². The molecule has 66 heavy (non-hydrogen) atoms. The Balaban J connectivity index is 4.33. The van der Waals surface area contributed by atoms with Crippen LogP contribution >= 0.6 is 0 Å². The Hall–Kier alpha value is -3.44. The Labute approximate surface area is 408 Å². The highest BCUT2D eigenvalue weighted by atomic mass is 16.6. The monoisotopic (exact) mass is 915 g/mol. The van der Waals surface area contributed by atoms with E-state index in [1.165, 1.54) is 96.3 Å². The fourth-order valence-corrected chi connectivity index (χ4v) is 7.17. The molecule has 5 heteroatoms. The summed E-state index contributed by atoms with van der Waals surface area (Å²) in [7, 11) is 0. The van der Waals surface area contributed by atoms with E-state index >= 15 is 0 Å². The highest BCUT2D eigenvalue weighted by Crippen LogP contribution is 2.13. The van der Waals surface area contributed by atoms with Crippen LogP contribution in [-0.2, 0) is 23.8 Å². The van der Waals surface area contributed by atoms with Crippen molar-refractivity contribution >= 4 is 11.9 Å². The van der Waals surface area contributed by atoms with Crippen LogP contribution in [0.15, 0.2) is 109 Å². The van der Waals surface area contributed by atoms with E-state index in [0.717, 1.165) is 109 Å². The van der Waals surface area contributed by atoms with E-state index in [0.29, 0.717) is 19.4 Å². The van der Waals surface area contributed by atoms with Crippen molar-refractivity contribution in [2.75, 3.05) is 19.8 Å². The van der Waals surface area contributed by atoms with Gasteiger partial charge >= 0.3 is 11.9 Å². The quantitative estimate of drug-likeness (QED) is 0.0346. The van der Waals surface area contributed by atoms with E-state index in [-0.39, 0.29) is 25.2 Å². The summed E-state index contributed by atoms with van der Waals surface area (Å²) in [5.41, 5.74) is 0. The molecule has 376 valence electrons. The number of allylic oxidation sites excluding steroid dienone is 18. The summed E-state index contributed by atoms with van der Waals surface area (Å²) in [6.07, 6.45) is 76.7. The van der Waals surface area contributed by atoms with E-state index in [1.807, 2.05) is 0 Å². The largest absolute Gasteiger partial charge is 0.462 e. The second kappa shape index (κ2) is 55.9. The van der Waals surface area contributed by atoms with Crippen molar-refractivity contribution < 1.29 is 23.8 Å². The van der Waals surface area contributed by atoms with E-state index in [4.69, 9.17) is 14.2 Å². The van der Waals surface area contributed by atoms with E-state index in [2.05, 4.69) is 130 Å². The van der Waals surface area contributed by atoms with Crippen molar-refractivity contribution in [3.8, 4) is 0 Å². The van der Waals surface area contributed by atoms with Crippen LogP contribution in [-0.4, -0.2) is 37.9 Å². The summed E-state index contributed by atoms with van der Waals surface area (Å²) < 4.78 is 17.4. The first-order chi connectivity index (χ1) is 32.6. The van der Waals surface area contributed by atoms with Gasteiger partial charge in [-0.05, 0) is 122 Å². The van der Waals surface area contributed by atoms with Crippen molar-refractivity contribution in [3.05, 3.63) is 109 Å². The molecule has 0 aliphatic carbocycles. The SMILES string of the molecule is CC/C=C\C/C=C\C/C=C\C/C=C\C/C=C\CCCCCC(=O)OCC(COCCCCCCCCC/C=C\C/C=C\C/C=C\CCCCC)OC(=O)CCCCCCC/C=C\CCCC. The first kappa shape index (κ1) is 62.6. The molecule has 0 rings (SSSR count). The van der Waals surface area contributed by atoms with Crippen LogP contribution < -0.4 is 0 Å². The van der Waals surface area contributed by atoms with Crippen LogP contribution in [0.3, 0.4) is 0 Å². The third kappa shape index (κ3) is 53.2. The Morgan fingerprint density at radius 3 is 1.17 bits per heavy atom. The fraction of sp³-hybridized carbons (Fsp3) is 0.672. The third-order valence-corrected chi connectivity index (χ3v) is 11.3. The zero-order chi connectivity index (χ0) is 47.7. The van der Waals surface area contributed by atoms with Gasteiger partial charge in [-0.15, -0.1) is 0 Å². The van der Waals surface area contributed by atoms with Crippen LogP contribution in [0.5, 0.6) is 0 Å². The van der Waals surface area contributed by atoms with Gasteiger partial charge in [0.05, 0.1) is 6.61 Å². The minimum atomic E-state index is -0.566. The molecular weight excluding hydrogens is 813 g/mol. The second-order valence-corrected chi connectivity index (χ2v) is 17.7. The van der Waals surface area contributed by atoms with Crippen LogP contribution in [0.1, 0.15) is 239 Å². The van der Waals surface area contributed by atoms with E-state index in [1.54, 1.807) is 0 Å². The van der Waals surface area contributed by atoms with Crippen LogP contribution in [0.25, 0.3) is 0 Å².